The monoisotopic (exact) mass is 329 g/mol. The van der Waals surface area contributed by atoms with Crippen LogP contribution in [0.4, 0.5) is 5.69 Å². The van der Waals surface area contributed by atoms with Crippen molar-refractivity contribution >= 4 is 34.1 Å². The molecule has 3 aromatic rings. The van der Waals surface area contributed by atoms with Crippen LogP contribution in [0.3, 0.4) is 0 Å². The van der Waals surface area contributed by atoms with Gasteiger partial charge in [0.25, 0.3) is 5.91 Å². The van der Waals surface area contributed by atoms with Crippen LogP contribution in [-0.2, 0) is 4.79 Å². The largest absolute Gasteiger partial charge is 0.323 e. The number of hydrogen-bond acceptors (Lipinski definition) is 3. The molecule has 5 heteroatoms. The molecule has 5 nitrogen and oxygen atoms in total. The van der Waals surface area contributed by atoms with Crippen molar-refractivity contribution in [2.24, 2.45) is 0 Å². The number of nitrogens with zero attached hydrogens (tertiary/aromatic N) is 2. The second-order valence-electron chi connectivity index (χ2n) is 5.85. The Morgan fingerprint density at radius 2 is 1.80 bits per heavy atom. The van der Waals surface area contributed by atoms with Gasteiger partial charge in [-0.1, -0.05) is 43.0 Å². The number of benzene rings is 2. The molecule has 4 rings (SSSR count). The summed E-state index contributed by atoms with van der Waals surface area (Å²) in [4.78, 5) is 30.5. The van der Waals surface area contributed by atoms with Crippen LogP contribution in [0.25, 0.3) is 16.6 Å². The van der Waals surface area contributed by atoms with Crippen LogP contribution in [-0.4, -0.2) is 28.2 Å². The van der Waals surface area contributed by atoms with Gasteiger partial charge in [0.1, 0.15) is 6.54 Å². The third-order valence-corrected chi connectivity index (χ3v) is 4.22. The van der Waals surface area contributed by atoms with Gasteiger partial charge in [-0.3, -0.25) is 19.5 Å². The van der Waals surface area contributed by atoms with Crippen LogP contribution in [0.2, 0.25) is 0 Å². The van der Waals surface area contributed by atoms with Gasteiger partial charge in [-0.15, -0.1) is 0 Å². The van der Waals surface area contributed by atoms with E-state index in [0.29, 0.717) is 16.9 Å². The maximum Gasteiger partial charge on any atom is 0.259 e. The van der Waals surface area contributed by atoms with Gasteiger partial charge < -0.3 is 5.32 Å². The molecule has 1 aromatic heterocycles. The molecule has 0 atom stereocenters. The zero-order chi connectivity index (χ0) is 17.4. The lowest BCUT2D eigenvalue weighted by Crippen LogP contribution is -2.32. The Bertz CT molecular complexity index is 991. The summed E-state index contributed by atoms with van der Waals surface area (Å²) in [6.45, 7) is 3.86. The summed E-state index contributed by atoms with van der Waals surface area (Å²) in [5.41, 5.74) is 3.35. The van der Waals surface area contributed by atoms with E-state index in [1.807, 2.05) is 42.5 Å². The summed E-state index contributed by atoms with van der Waals surface area (Å²) in [5, 5.41) is 3.73. The fourth-order valence-electron chi connectivity index (χ4n) is 2.99. The van der Waals surface area contributed by atoms with Crippen LogP contribution >= 0.6 is 0 Å². The van der Waals surface area contributed by atoms with Crippen LogP contribution in [0.15, 0.2) is 67.4 Å². The van der Waals surface area contributed by atoms with E-state index in [0.717, 1.165) is 16.5 Å². The smallest absolute Gasteiger partial charge is 0.259 e. The number of rotatable bonds is 3. The molecule has 0 fully saturated rings. The highest BCUT2D eigenvalue weighted by atomic mass is 16.2. The van der Waals surface area contributed by atoms with Crippen LogP contribution in [0.1, 0.15) is 15.9 Å². The molecule has 0 saturated heterocycles. The number of aromatic nitrogens is 1. The molecule has 25 heavy (non-hydrogen) atoms. The first-order chi connectivity index (χ1) is 12.1. The molecule has 0 aliphatic carbocycles. The molecule has 0 bridgehead atoms. The highest BCUT2D eigenvalue weighted by Crippen LogP contribution is 2.30. The molecule has 122 valence electrons. The predicted octanol–water partition coefficient (Wildman–Crippen LogP) is 3.30. The van der Waals surface area contributed by atoms with Gasteiger partial charge in [0.15, 0.2) is 0 Å². The fourth-order valence-corrected chi connectivity index (χ4v) is 2.99. The van der Waals surface area contributed by atoms with Crippen molar-refractivity contribution in [1.82, 2.24) is 9.88 Å². The van der Waals surface area contributed by atoms with Crippen molar-refractivity contribution in [2.75, 3.05) is 11.9 Å². The Balaban J connectivity index is 1.51. The first-order valence-corrected chi connectivity index (χ1v) is 7.88. The minimum Gasteiger partial charge on any atom is -0.323 e. The van der Waals surface area contributed by atoms with Gasteiger partial charge in [-0.25, -0.2) is 0 Å². The number of amides is 2. The number of carbonyl (C=O) groups is 2. The van der Waals surface area contributed by atoms with Crippen molar-refractivity contribution in [3.8, 4) is 0 Å². The summed E-state index contributed by atoms with van der Waals surface area (Å²) in [6.07, 6.45) is 1.61. The van der Waals surface area contributed by atoms with E-state index in [1.54, 1.807) is 18.3 Å². The molecule has 2 heterocycles. The molecule has 1 N–H and O–H groups in total. The summed E-state index contributed by atoms with van der Waals surface area (Å²) < 4.78 is 0. The normalized spacial score (nSPS) is 13.2. The number of carbonyl (C=O) groups excluding carboxylic acids is 2. The molecular formula is C20H15N3O2. The number of pyridine rings is 1. The third-order valence-electron chi connectivity index (χ3n) is 4.22. The van der Waals surface area contributed by atoms with Crippen molar-refractivity contribution in [2.45, 2.75) is 0 Å². The van der Waals surface area contributed by atoms with Gasteiger partial charge in [-0.2, -0.15) is 0 Å². The Labute approximate surface area is 144 Å². The van der Waals surface area contributed by atoms with Gasteiger partial charge in [0.05, 0.1) is 17.4 Å². The average molecular weight is 329 g/mol. The molecule has 0 saturated carbocycles. The third kappa shape index (κ3) is 2.65. The van der Waals surface area contributed by atoms with Crippen LogP contribution < -0.4 is 5.32 Å². The first kappa shape index (κ1) is 15.1. The van der Waals surface area contributed by atoms with Crippen LogP contribution in [0.5, 0.6) is 0 Å². The quantitative estimate of drug-likeness (QED) is 0.802. The van der Waals surface area contributed by atoms with Crippen LogP contribution in [0, 0.1) is 0 Å². The molecule has 1 aliphatic rings. The van der Waals surface area contributed by atoms with Gasteiger partial charge in [-0.05, 0) is 18.2 Å². The lowest BCUT2D eigenvalue weighted by Gasteiger charge is -2.17. The van der Waals surface area contributed by atoms with E-state index >= 15 is 0 Å². The second-order valence-corrected chi connectivity index (χ2v) is 5.85. The number of fused-ring (bicyclic) bond motifs is 2. The Morgan fingerprint density at radius 3 is 2.60 bits per heavy atom. The summed E-state index contributed by atoms with van der Waals surface area (Å²) in [5.74, 6) is -0.494. The summed E-state index contributed by atoms with van der Waals surface area (Å²) in [7, 11) is 0. The van der Waals surface area contributed by atoms with Gasteiger partial charge in [0, 0.05) is 22.2 Å². The first-order valence-electron chi connectivity index (χ1n) is 7.88. The zero-order valence-corrected chi connectivity index (χ0v) is 13.4. The predicted molar refractivity (Wildman–Crippen MR) is 96.9 cm³/mol. The summed E-state index contributed by atoms with van der Waals surface area (Å²) >= 11 is 0. The minimum absolute atomic E-state index is 0.0842. The van der Waals surface area contributed by atoms with Crippen molar-refractivity contribution < 1.29 is 9.59 Å². The molecule has 0 radical (unpaired) electrons. The fraction of sp³-hybridized carbons (Fsp3) is 0.0500. The molecule has 1 aliphatic heterocycles. The number of para-hydroxylation sites is 1. The van der Waals surface area contributed by atoms with Crippen molar-refractivity contribution in [3.63, 3.8) is 0 Å². The Kier molecular flexibility index (Phi) is 3.54. The lowest BCUT2D eigenvalue weighted by molar-refractivity contribution is -0.116. The molecule has 2 aromatic carbocycles. The number of anilines is 1. The number of nitrogens with one attached hydrogen (secondary N) is 1. The molecule has 2 amide bonds. The summed E-state index contributed by atoms with van der Waals surface area (Å²) in [6, 6.07) is 16.8. The van der Waals surface area contributed by atoms with E-state index in [1.165, 1.54) is 4.90 Å². The maximum atomic E-state index is 12.4. The Hall–Kier alpha value is -3.47. The standard InChI is InChI=1S/C20H15N3O2/c1-13-16-7-3-4-8-17(16)20(25)23(13)12-19(24)22-15-10-14-6-2-5-9-18(14)21-11-15/h2-11H,1,12H2,(H,22,24). The maximum absolute atomic E-state index is 12.4. The van der Waals surface area contributed by atoms with Gasteiger partial charge in [0.2, 0.25) is 5.91 Å². The number of hydrogen-bond donors (Lipinski definition) is 1. The molecule has 0 unspecified atom stereocenters. The van der Waals surface area contributed by atoms with E-state index in [2.05, 4.69) is 16.9 Å². The van der Waals surface area contributed by atoms with E-state index < -0.39 is 0 Å². The average Bonchev–Trinajstić information content (AvgIpc) is 2.87. The van der Waals surface area contributed by atoms with Crippen molar-refractivity contribution in [3.05, 3.63) is 78.5 Å². The van der Waals surface area contributed by atoms with E-state index in [4.69, 9.17) is 0 Å². The van der Waals surface area contributed by atoms with Crippen molar-refractivity contribution in [1.29, 1.82) is 0 Å². The highest BCUT2D eigenvalue weighted by Gasteiger charge is 2.31. The molecule has 0 spiro atoms. The highest BCUT2D eigenvalue weighted by molar-refractivity contribution is 6.11. The topological polar surface area (TPSA) is 62.3 Å². The Morgan fingerprint density at radius 1 is 1.08 bits per heavy atom. The SMILES string of the molecule is C=C1c2ccccc2C(=O)N1CC(=O)Nc1cnc2ccccc2c1. The molecular weight excluding hydrogens is 314 g/mol. The van der Waals surface area contributed by atoms with E-state index in [9.17, 15) is 9.59 Å². The second kappa shape index (κ2) is 5.87. The minimum atomic E-state index is -0.292. The zero-order valence-electron chi connectivity index (χ0n) is 13.4. The van der Waals surface area contributed by atoms with E-state index in [-0.39, 0.29) is 18.4 Å². The lowest BCUT2D eigenvalue weighted by atomic mass is 10.1. The van der Waals surface area contributed by atoms with Gasteiger partial charge >= 0.3 is 0 Å².